The first kappa shape index (κ1) is 19.8. The minimum absolute atomic E-state index is 0.717. The molecule has 0 fully saturated rings. The van der Waals surface area contributed by atoms with Crippen LogP contribution >= 0.6 is 0 Å². The number of nitrogens with zero attached hydrogens (tertiary/aromatic N) is 2. The summed E-state index contributed by atoms with van der Waals surface area (Å²) in [6.45, 7) is 1.46. The number of aromatic nitrogens is 2. The molecule has 0 amide bonds. The monoisotopic (exact) mass is 415 g/mol. The summed E-state index contributed by atoms with van der Waals surface area (Å²) in [6, 6.07) is 42.0. The molecule has 0 radical (unpaired) electrons. The van der Waals surface area contributed by atoms with Crippen LogP contribution in [-0.4, -0.2) is 9.55 Å². The molecule has 0 saturated heterocycles. The van der Waals surface area contributed by atoms with Crippen LogP contribution in [0.5, 0.6) is 0 Å². The molecule has 5 aromatic rings. The number of hydrogen-bond donors (Lipinski definition) is 1. The van der Waals surface area contributed by atoms with Gasteiger partial charge in [-0.2, -0.15) is 0 Å². The van der Waals surface area contributed by atoms with Crippen molar-refractivity contribution in [3.8, 4) is 22.5 Å². The van der Waals surface area contributed by atoms with Crippen molar-refractivity contribution in [2.45, 2.75) is 13.1 Å². The normalized spacial score (nSPS) is 10.8. The van der Waals surface area contributed by atoms with E-state index in [0.717, 1.165) is 41.6 Å². The molecule has 156 valence electrons. The van der Waals surface area contributed by atoms with Crippen molar-refractivity contribution in [3.05, 3.63) is 132 Å². The minimum Gasteiger partial charge on any atom is -0.352 e. The van der Waals surface area contributed by atoms with Gasteiger partial charge in [0.25, 0.3) is 0 Å². The Morgan fingerprint density at radius 3 is 1.66 bits per heavy atom. The highest BCUT2D eigenvalue weighted by atomic mass is 15.2. The van der Waals surface area contributed by atoms with Crippen LogP contribution in [-0.2, 0) is 13.1 Å². The Morgan fingerprint density at radius 2 is 1.06 bits per heavy atom. The third kappa shape index (κ3) is 4.33. The van der Waals surface area contributed by atoms with Crippen molar-refractivity contribution < 1.29 is 0 Å². The van der Waals surface area contributed by atoms with Gasteiger partial charge < -0.3 is 9.88 Å². The number of nitrogens with one attached hydrogen (secondary N) is 1. The average molecular weight is 416 g/mol. The van der Waals surface area contributed by atoms with Crippen LogP contribution < -0.4 is 5.32 Å². The lowest BCUT2D eigenvalue weighted by atomic mass is 10.0. The van der Waals surface area contributed by atoms with E-state index in [1.54, 1.807) is 0 Å². The van der Waals surface area contributed by atoms with Gasteiger partial charge in [-0.05, 0) is 11.1 Å². The van der Waals surface area contributed by atoms with Gasteiger partial charge in [-0.15, -0.1) is 0 Å². The lowest BCUT2D eigenvalue weighted by molar-refractivity contribution is 0.804. The fraction of sp³-hybridized carbons (Fsp3) is 0.0690. The van der Waals surface area contributed by atoms with E-state index < -0.39 is 0 Å². The maximum atomic E-state index is 5.12. The molecule has 32 heavy (non-hydrogen) atoms. The smallest absolute Gasteiger partial charge is 0.204 e. The second-order valence-corrected chi connectivity index (χ2v) is 7.78. The number of anilines is 1. The van der Waals surface area contributed by atoms with E-state index in [9.17, 15) is 0 Å². The predicted octanol–water partition coefficient (Wildman–Crippen LogP) is 6.88. The van der Waals surface area contributed by atoms with Gasteiger partial charge in [0.1, 0.15) is 0 Å². The number of hydrogen-bond acceptors (Lipinski definition) is 2. The molecule has 0 unspecified atom stereocenters. The van der Waals surface area contributed by atoms with E-state index in [1.165, 1.54) is 11.1 Å². The van der Waals surface area contributed by atoms with Crippen LogP contribution in [0.4, 0.5) is 5.95 Å². The van der Waals surface area contributed by atoms with Gasteiger partial charge in [0.05, 0.1) is 17.9 Å². The van der Waals surface area contributed by atoms with Gasteiger partial charge in [0.2, 0.25) is 5.95 Å². The fourth-order valence-electron chi connectivity index (χ4n) is 3.97. The van der Waals surface area contributed by atoms with Crippen LogP contribution in [0.15, 0.2) is 121 Å². The molecule has 5 rings (SSSR count). The summed E-state index contributed by atoms with van der Waals surface area (Å²) < 4.78 is 2.30. The molecule has 1 N–H and O–H groups in total. The lowest BCUT2D eigenvalue weighted by Gasteiger charge is -2.14. The van der Waals surface area contributed by atoms with E-state index in [-0.39, 0.29) is 0 Å². The molecular weight excluding hydrogens is 390 g/mol. The molecule has 0 saturated carbocycles. The van der Waals surface area contributed by atoms with E-state index >= 15 is 0 Å². The molecule has 0 aliphatic rings. The first-order chi connectivity index (χ1) is 15.9. The van der Waals surface area contributed by atoms with Crippen LogP contribution in [0.1, 0.15) is 11.1 Å². The van der Waals surface area contributed by atoms with Crippen LogP contribution in [0.25, 0.3) is 22.5 Å². The molecule has 0 aliphatic heterocycles. The van der Waals surface area contributed by atoms with Gasteiger partial charge in [-0.3, -0.25) is 0 Å². The summed E-state index contributed by atoms with van der Waals surface area (Å²) in [5.41, 5.74) is 6.84. The third-order valence-corrected chi connectivity index (χ3v) is 5.54. The van der Waals surface area contributed by atoms with Crippen LogP contribution in [0.2, 0.25) is 0 Å². The molecule has 0 bridgehead atoms. The summed E-state index contributed by atoms with van der Waals surface area (Å²) in [4.78, 5) is 5.12. The zero-order valence-electron chi connectivity index (χ0n) is 17.9. The first-order valence-electron chi connectivity index (χ1n) is 10.9. The predicted molar refractivity (Wildman–Crippen MR) is 132 cm³/mol. The third-order valence-electron chi connectivity index (χ3n) is 5.54. The Hall–Kier alpha value is -4.11. The van der Waals surface area contributed by atoms with Gasteiger partial charge >= 0.3 is 0 Å². The van der Waals surface area contributed by atoms with Gasteiger partial charge in [-0.25, -0.2) is 4.98 Å². The summed E-state index contributed by atoms with van der Waals surface area (Å²) in [7, 11) is 0. The SMILES string of the molecule is c1ccc(CNc2nc(-c3ccccc3)c(-c3ccccc3)n2Cc2ccccc2)cc1. The fourth-order valence-corrected chi connectivity index (χ4v) is 3.97. The maximum Gasteiger partial charge on any atom is 0.204 e. The molecule has 0 atom stereocenters. The molecule has 3 heteroatoms. The zero-order valence-corrected chi connectivity index (χ0v) is 17.9. The Bertz CT molecular complexity index is 1260. The highest BCUT2D eigenvalue weighted by Crippen LogP contribution is 2.35. The molecule has 3 nitrogen and oxygen atoms in total. The largest absolute Gasteiger partial charge is 0.352 e. The Labute approximate surface area is 189 Å². The average Bonchev–Trinajstić information content (AvgIpc) is 3.23. The van der Waals surface area contributed by atoms with Crippen molar-refractivity contribution in [2.75, 3.05) is 5.32 Å². The van der Waals surface area contributed by atoms with Crippen LogP contribution in [0.3, 0.4) is 0 Å². The minimum atomic E-state index is 0.717. The number of rotatable bonds is 7. The highest BCUT2D eigenvalue weighted by Gasteiger charge is 2.20. The molecule has 1 heterocycles. The van der Waals surface area contributed by atoms with Crippen molar-refractivity contribution in [1.82, 2.24) is 9.55 Å². The van der Waals surface area contributed by atoms with Crippen molar-refractivity contribution in [3.63, 3.8) is 0 Å². The summed E-state index contributed by atoms with van der Waals surface area (Å²) in [5.74, 6) is 0.871. The van der Waals surface area contributed by atoms with E-state index in [4.69, 9.17) is 4.98 Å². The molecule has 4 aromatic carbocycles. The summed E-state index contributed by atoms with van der Waals surface area (Å²) in [6.07, 6.45) is 0. The van der Waals surface area contributed by atoms with Crippen molar-refractivity contribution >= 4 is 5.95 Å². The Balaban J connectivity index is 1.65. The molecule has 0 aliphatic carbocycles. The van der Waals surface area contributed by atoms with E-state index in [2.05, 4.69) is 119 Å². The second kappa shape index (κ2) is 9.36. The van der Waals surface area contributed by atoms with Crippen molar-refractivity contribution in [1.29, 1.82) is 0 Å². The standard InChI is InChI=1S/C29H25N3/c1-5-13-23(14-6-1)21-30-29-31-27(25-17-9-3-10-18-25)28(26-19-11-4-12-20-26)32(29)22-24-15-7-2-8-16-24/h1-20H,21-22H2,(H,30,31). The molecule has 1 aromatic heterocycles. The van der Waals surface area contributed by atoms with Gasteiger partial charge in [-0.1, -0.05) is 121 Å². The Morgan fingerprint density at radius 1 is 0.562 bits per heavy atom. The second-order valence-electron chi connectivity index (χ2n) is 7.78. The Kier molecular flexibility index (Phi) is 5.80. The summed E-state index contributed by atoms with van der Waals surface area (Å²) in [5, 5.41) is 3.60. The number of benzene rings is 4. The maximum absolute atomic E-state index is 5.12. The van der Waals surface area contributed by atoms with Crippen LogP contribution in [0, 0.1) is 0 Å². The quantitative estimate of drug-likeness (QED) is 0.314. The zero-order chi connectivity index (χ0) is 21.6. The molecular formula is C29H25N3. The first-order valence-corrected chi connectivity index (χ1v) is 10.9. The van der Waals surface area contributed by atoms with E-state index in [1.807, 2.05) is 12.1 Å². The summed E-state index contributed by atoms with van der Waals surface area (Å²) >= 11 is 0. The van der Waals surface area contributed by atoms with Gasteiger partial charge in [0.15, 0.2) is 0 Å². The van der Waals surface area contributed by atoms with Crippen molar-refractivity contribution in [2.24, 2.45) is 0 Å². The van der Waals surface area contributed by atoms with Gasteiger partial charge in [0, 0.05) is 17.7 Å². The molecule has 0 spiro atoms. The lowest BCUT2D eigenvalue weighted by Crippen LogP contribution is -2.09. The number of imidazole rings is 1. The van der Waals surface area contributed by atoms with E-state index in [0.29, 0.717) is 0 Å². The highest BCUT2D eigenvalue weighted by molar-refractivity contribution is 5.81. The topological polar surface area (TPSA) is 29.9 Å².